The third-order valence-electron chi connectivity index (χ3n) is 4.99. The average molecular weight is 633 g/mol. The summed E-state index contributed by atoms with van der Waals surface area (Å²) in [6, 6.07) is 8.90. The van der Waals surface area contributed by atoms with E-state index in [1.165, 1.54) is 16.7 Å². The molecular formula is C25H24BrCl2NO5S2. The molecule has 0 aliphatic carbocycles. The molecule has 0 spiro atoms. The van der Waals surface area contributed by atoms with Crippen LogP contribution in [-0.2, 0) is 20.9 Å². The summed E-state index contributed by atoms with van der Waals surface area (Å²) in [7, 11) is 0. The summed E-state index contributed by atoms with van der Waals surface area (Å²) < 4.78 is 17.9. The Balaban J connectivity index is 1.77. The first-order chi connectivity index (χ1) is 17.2. The second kappa shape index (κ2) is 13.7. The number of thioether (sulfide) groups is 1. The lowest BCUT2D eigenvalue weighted by atomic mass is 10.1. The van der Waals surface area contributed by atoms with Gasteiger partial charge in [-0.05, 0) is 72.1 Å². The van der Waals surface area contributed by atoms with Gasteiger partial charge in [0, 0.05) is 28.6 Å². The summed E-state index contributed by atoms with van der Waals surface area (Å²) in [4.78, 5) is 26.5. The van der Waals surface area contributed by atoms with Gasteiger partial charge < -0.3 is 14.2 Å². The van der Waals surface area contributed by atoms with Crippen LogP contribution in [0.25, 0.3) is 6.08 Å². The van der Waals surface area contributed by atoms with Crippen molar-refractivity contribution in [2.75, 3.05) is 19.8 Å². The van der Waals surface area contributed by atoms with Crippen molar-refractivity contribution in [2.24, 2.45) is 0 Å². The number of benzene rings is 2. The van der Waals surface area contributed by atoms with Crippen molar-refractivity contribution in [1.29, 1.82) is 0 Å². The molecule has 6 nitrogen and oxygen atoms in total. The molecule has 1 fully saturated rings. The van der Waals surface area contributed by atoms with E-state index in [1.807, 2.05) is 13.0 Å². The van der Waals surface area contributed by atoms with Crippen LogP contribution >= 0.6 is 63.1 Å². The van der Waals surface area contributed by atoms with Gasteiger partial charge in [0.1, 0.15) is 10.9 Å². The molecule has 0 bridgehead atoms. The van der Waals surface area contributed by atoms with Crippen LogP contribution in [0.5, 0.6) is 11.5 Å². The number of hydrogen-bond donors (Lipinski definition) is 0. The number of carbonyl (C=O) groups excluding carboxylic acids is 2. The van der Waals surface area contributed by atoms with Crippen molar-refractivity contribution in [3.63, 3.8) is 0 Å². The Morgan fingerprint density at radius 1 is 1.17 bits per heavy atom. The standard InChI is InChI=1S/C25H24BrCl2NO5S2/c1-3-32-20-12-15(11-17(26)23(20)34-14-16-18(27)7-5-8-19(16)28)13-21-24(31)29(25(35)36-21)10-6-9-22(30)33-4-2/h5,7-8,11-13H,3-4,6,9-10,14H2,1-2H3/b21-13-. The highest BCUT2D eigenvalue weighted by molar-refractivity contribution is 9.10. The van der Waals surface area contributed by atoms with E-state index in [2.05, 4.69) is 15.9 Å². The Morgan fingerprint density at radius 3 is 2.56 bits per heavy atom. The van der Waals surface area contributed by atoms with Crippen molar-refractivity contribution in [3.8, 4) is 11.5 Å². The first-order valence-electron chi connectivity index (χ1n) is 11.2. The zero-order valence-corrected chi connectivity index (χ0v) is 24.4. The van der Waals surface area contributed by atoms with Gasteiger partial charge in [-0.2, -0.15) is 0 Å². The lowest BCUT2D eigenvalue weighted by molar-refractivity contribution is -0.143. The fraction of sp³-hybridized carbons (Fsp3) is 0.320. The molecule has 1 amide bonds. The molecule has 1 heterocycles. The molecule has 0 radical (unpaired) electrons. The molecule has 1 aliphatic rings. The maximum absolute atomic E-state index is 12.9. The van der Waals surface area contributed by atoms with Gasteiger partial charge in [-0.15, -0.1) is 0 Å². The minimum atomic E-state index is -0.286. The molecule has 11 heteroatoms. The number of halogens is 3. The molecule has 0 unspecified atom stereocenters. The second-order valence-corrected chi connectivity index (χ2v) is 10.8. The molecule has 2 aromatic rings. The van der Waals surface area contributed by atoms with E-state index in [4.69, 9.17) is 49.6 Å². The number of carbonyl (C=O) groups is 2. The highest BCUT2D eigenvalue weighted by Gasteiger charge is 2.32. The van der Waals surface area contributed by atoms with Gasteiger partial charge in [-0.3, -0.25) is 14.5 Å². The van der Waals surface area contributed by atoms with E-state index in [0.29, 0.717) is 67.0 Å². The van der Waals surface area contributed by atoms with Crippen LogP contribution in [0.1, 0.15) is 37.8 Å². The van der Waals surface area contributed by atoms with E-state index in [0.717, 1.165) is 5.56 Å². The first kappa shape index (κ1) is 28.8. The van der Waals surface area contributed by atoms with Crippen LogP contribution in [0.4, 0.5) is 0 Å². The summed E-state index contributed by atoms with van der Waals surface area (Å²) in [5.41, 5.74) is 1.41. The molecule has 3 rings (SSSR count). The van der Waals surface area contributed by atoms with Gasteiger partial charge in [0.2, 0.25) is 0 Å². The van der Waals surface area contributed by atoms with Gasteiger partial charge in [0.25, 0.3) is 5.91 Å². The first-order valence-corrected chi connectivity index (χ1v) is 14.0. The SMILES string of the molecule is CCOC(=O)CCCN1C(=O)/C(=C/c2cc(Br)c(OCc3c(Cl)cccc3Cl)c(OCC)c2)SC1=S. The zero-order chi connectivity index (χ0) is 26.2. The normalized spacial score (nSPS) is 14.5. The minimum absolute atomic E-state index is 0.154. The molecule has 2 aromatic carbocycles. The molecule has 192 valence electrons. The van der Waals surface area contributed by atoms with Crippen molar-refractivity contribution in [3.05, 3.63) is 60.9 Å². The number of esters is 1. The largest absolute Gasteiger partial charge is 0.490 e. The van der Waals surface area contributed by atoms with Crippen LogP contribution < -0.4 is 9.47 Å². The van der Waals surface area contributed by atoms with Gasteiger partial charge in [-0.1, -0.05) is 53.2 Å². The number of rotatable bonds is 11. The molecule has 0 saturated carbocycles. The zero-order valence-electron chi connectivity index (χ0n) is 19.6. The average Bonchev–Trinajstić information content (AvgIpc) is 3.07. The fourth-order valence-corrected chi connectivity index (χ4v) is 5.74. The highest BCUT2D eigenvalue weighted by Crippen LogP contribution is 2.40. The van der Waals surface area contributed by atoms with E-state index in [-0.39, 0.29) is 24.9 Å². The Labute approximate surface area is 238 Å². The quantitative estimate of drug-likeness (QED) is 0.147. The molecule has 0 N–H and O–H groups in total. The van der Waals surface area contributed by atoms with Crippen LogP contribution in [0.3, 0.4) is 0 Å². The molecule has 36 heavy (non-hydrogen) atoms. The Bertz CT molecular complexity index is 1170. The predicted molar refractivity (Wildman–Crippen MR) is 152 cm³/mol. The third kappa shape index (κ3) is 7.38. The second-order valence-electron chi connectivity index (χ2n) is 7.49. The van der Waals surface area contributed by atoms with Crippen molar-refractivity contribution in [1.82, 2.24) is 4.90 Å². The van der Waals surface area contributed by atoms with Crippen molar-refractivity contribution in [2.45, 2.75) is 33.3 Å². The summed E-state index contributed by atoms with van der Waals surface area (Å²) in [5, 5.41) is 1.02. The van der Waals surface area contributed by atoms with Crippen molar-refractivity contribution < 1.29 is 23.8 Å². The minimum Gasteiger partial charge on any atom is -0.490 e. The van der Waals surface area contributed by atoms with E-state index in [1.54, 1.807) is 37.3 Å². The van der Waals surface area contributed by atoms with Gasteiger partial charge in [0.15, 0.2) is 11.5 Å². The number of hydrogen-bond acceptors (Lipinski definition) is 7. The van der Waals surface area contributed by atoms with Gasteiger partial charge in [-0.25, -0.2) is 0 Å². The molecule has 1 saturated heterocycles. The lowest BCUT2D eigenvalue weighted by Crippen LogP contribution is -2.29. The number of amides is 1. The van der Waals surface area contributed by atoms with Crippen molar-refractivity contribution >= 4 is 85.4 Å². The number of nitrogens with zero attached hydrogens (tertiary/aromatic N) is 1. The van der Waals surface area contributed by atoms with Crippen LogP contribution in [-0.4, -0.2) is 40.9 Å². The molecule has 0 aromatic heterocycles. The maximum Gasteiger partial charge on any atom is 0.305 e. The third-order valence-corrected chi connectivity index (χ3v) is 7.67. The van der Waals surface area contributed by atoms with E-state index in [9.17, 15) is 9.59 Å². The lowest BCUT2D eigenvalue weighted by Gasteiger charge is -2.16. The summed E-state index contributed by atoms with van der Waals surface area (Å²) >= 11 is 22.7. The van der Waals surface area contributed by atoms with Gasteiger partial charge >= 0.3 is 5.97 Å². The molecule has 1 aliphatic heterocycles. The summed E-state index contributed by atoms with van der Waals surface area (Å²) in [5.74, 6) is 0.519. The van der Waals surface area contributed by atoms with E-state index >= 15 is 0 Å². The topological polar surface area (TPSA) is 65.1 Å². The molecular weight excluding hydrogens is 609 g/mol. The van der Waals surface area contributed by atoms with Crippen LogP contribution in [0, 0.1) is 0 Å². The predicted octanol–water partition coefficient (Wildman–Crippen LogP) is 7.28. The van der Waals surface area contributed by atoms with Crippen LogP contribution in [0.15, 0.2) is 39.7 Å². The Morgan fingerprint density at radius 2 is 1.89 bits per heavy atom. The highest BCUT2D eigenvalue weighted by atomic mass is 79.9. The maximum atomic E-state index is 12.9. The Kier molecular flexibility index (Phi) is 10.9. The monoisotopic (exact) mass is 631 g/mol. The van der Waals surface area contributed by atoms with E-state index < -0.39 is 0 Å². The van der Waals surface area contributed by atoms with Gasteiger partial charge in [0.05, 0.1) is 22.6 Å². The number of ether oxygens (including phenoxy) is 3. The fourth-order valence-electron chi connectivity index (χ4n) is 3.35. The van der Waals surface area contributed by atoms with Crippen LogP contribution in [0.2, 0.25) is 10.0 Å². The molecule has 0 atom stereocenters. The summed E-state index contributed by atoms with van der Waals surface area (Å²) in [6.07, 6.45) is 2.46. The smallest absolute Gasteiger partial charge is 0.305 e. The number of thiocarbonyl (C=S) groups is 1. The summed E-state index contributed by atoms with van der Waals surface area (Å²) in [6.45, 7) is 4.89. The Hall–Kier alpha value is -1.78.